The molecule has 19 heavy (non-hydrogen) atoms. The Kier molecular flexibility index (Phi) is 7.97. The van der Waals surface area contributed by atoms with Crippen LogP contribution in [0.15, 0.2) is 12.1 Å². The van der Waals surface area contributed by atoms with Gasteiger partial charge in [0.25, 0.3) is 5.91 Å². The lowest BCUT2D eigenvalue weighted by molar-refractivity contribution is 0.0947. The zero-order chi connectivity index (χ0) is 13.9. The Morgan fingerprint density at radius 3 is 2.63 bits per heavy atom. The van der Waals surface area contributed by atoms with Gasteiger partial charge in [0.15, 0.2) is 5.69 Å². The molecule has 0 aliphatic rings. The van der Waals surface area contributed by atoms with E-state index in [1.54, 1.807) is 19.2 Å². The molecule has 0 atom stereocenters. The van der Waals surface area contributed by atoms with Crippen molar-refractivity contribution in [2.45, 2.75) is 25.7 Å². The first kappa shape index (κ1) is 15.8. The van der Waals surface area contributed by atoms with Gasteiger partial charge in [-0.15, -0.1) is 10.2 Å². The monoisotopic (exact) mass is 282 g/mol. The summed E-state index contributed by atoms with van der Waals surface area (Å²) >= 11 is 1.88. The van der Waals surface area contributed by atoms with Crippen LogP contribution in [0.25, 0.3) is 0 Å². The van der Waals surface area contributed by atoms with E-state index in [1.165, 1.54) is 18.6 Å². The Morgan fingerprint density at radius 2 is 2.00 bits per heavy atom. The third-order valence-electron chi connectivity index (χ3n) is 2.71. The van der Waals surface area contributed by atoms with E-state index in [9.17, 15) is 4.79 Å². The second-order valence-corrected chi connectivity index (χ2v) is 5.20. The van der Waals surface area contributed by atoms with Gasteiger partial charge in [-0.05, 0) is 37.0 Å². The van der Waals surface area contributed by atoms with Crippen LogP contribution in [0.1, 0.15) is 36.2 Å². The molecule has 1 aromatic rings. The van der Waals surface area contributed by atoms with E-state index in [4.69, 9.17) is 0 Å². The highest BCUT2D eigenvalue weighted by atomic mass is 32.2. The molecule has 2 N–H and O–H groups in total. The van der Waals surface area contributed by atoms with Gasteiger partial charge in [0.1, 0.15) is 5.82 Å². The molecule has 0 saturated heterocycles. The molecule has 0 spiro atoms. The number of unbranched alkanes of at least 4 members (excludes halogenated alkanes) is 3. The summed E-state index contributed by atoms with van der Waals surface area (Å²) in [5, 5.41) is 13.5. The standard InChI is InChI=1S/C13H22N4OS/c1-14-12-8-7-11(16-17-12)13(18)15-9-5-3-4-6-10-19-2/h7-8H,3-6,9-10H2,1-2H3,(H,14,17)(H,15,18). The first-order valence-electron chi connectivity index (χ1n) is 6.56. The molecule has 0 saturated carbocycles. The van der Waals surface area contributed by atoms with Crippen LogP contribution in [-0.4, -0.2) is 41.7 Å². The average Bonchev–Trinajstić information content (AvgIpc) is 2.46. The van der Waals surface area contributed by atoms with Crippen molar-refractivity contribution in [1.29, 1.82) is 0 Å². The Bertz CT molecular complexity index is 369. The van der Waals surface area contributed by atoms with Crippen LogP contribution in [-0.2, 0) is 0 Å². The predicted molar refractivity (Wildman–Crippen MR) is 80.8 cm³/mol. The fourth-order valence-electron chi connectivity index (χ4n) is 1.60. The van der Waals surface area contributed by atoms with E-state index < -0.39 is 0 Å². The van der Waals surface area contributed by atoms with Gasteiger partial charge < -0.3 is 10.6 Å². The summed E-state index contributed by atoms with van der Waals surface area (Å²) in [5.74, 6) is 1.73. The number of amides is 1. The molecule has 0 aromatic carbocycles. The number of anilines is 1. The molecule has 0 radical (unpaired) electrons. The summed E-state index contributed by atoms with van der Waals surface area (Å²) < 4.78 is 0. The molecule has 0 fully saturated rings. The fraction of sp³-hybridized carbons (Fsp3) is 0.615. The van der Waals surface area contributed by atoms with Crippen LogP contribution in [0.5, 0.6) is 0 Å². The van der Waals surface area contributed by atoms with Gasteiger partial charge in [-0.1, -0.05) is 12.8 Å². The SMILES string of the molecule is CNc1ccc(C(=O)NCCCCCCSC)nn1. The zero-order valence-electron chi connectivity index (χ0n) is 11.6. The molecular weight excluding hydrogens is 260 g/mol. The van der Waals surface area contributed by atoms with Crippen molar-refractivity contribution >= 4 is 23.5 Å². The topological polar surface area (TPSA) is 66.9 Å². The highest BCUT2D eigenvalue weighted by Gasteiger charge is 2.06. The molecule has 0 aliphatic carbocycles. The van der Waals surface area contributed by atoms with Crippen molar-refractivity contribution in [3.8, 4) is 0 Å². The minimum Gasteiger partial charge on any atom is -0.372 e. The molecule has 106 valence electrons. The number of carbonyl (C=O) groups is 1. The van der Waals surface area contributed by atoms with E-state index in [-0.39, 0.29) is 5.91 Å². The molecular formula is C13H22N4OS. The lowest BCUT2D eigenvalue weighted by Gasteiger charge is -2.04. The van der Waals surface area contributed by atoms with Crippen molar-refractivity contribution in [3.05, 3.63) is 17.8 Å². The van der Waals surface area contributed by atoms with Crippen LogP contribution in [0, 0.1) is 0 Å². The van der Waals surface area contributed by atoms with Crippen molar-refractivity contribution in [1.82, 2.24) is 15.5 Å². The Balaban J connectivity index is 2.16. The van der Waals surface area contributed by atoms with Crippen molar-refractivity contribution in [3.63, 3.8) is 0 Å². The molecule has 0 bridgehead atoms. The summed E-state index contributed by atoms with van der Waals surface area (Å²) in [5.41, 5.74) is 0.362. The van der Waals surface area contributed by atoms with E-state index >= 15 is 0 Å². The minimum atomic E-state index is -0.153. The minimum absolute atomic E-state index is 0.153. The van der Waals surface area contributed by atoms with Gasteiger partial charge in [-0.2, -0.15) is 11.8 Å². The lowest BCUT2D eigenvalue weighted by atomic mass is 10.2. The third-order valence-corrected chi connectivity index (χ3v) is 3.41. The molecule has 1 heterocycles. The number of nitrogens with one attached hydrogen (secondary N) is 2. The van der Waals surface area contributed by atoms with Gasteiger partial charge in [0.05, 0.1) is 0 Å². The number of rotatable bonds is 9. The van der Waals surface area contributed by atoms with Gasteiger partial charge in [-0.25, -0.2) is 0 Å². The van der Waals surface area contributed by atoms with Gasteiger partial charge in [0.2, 0.25) is 0 Å². The summed E-state index contributed by atoms with van der Waals surface area (Å²) in [6, 6.07) is 3.41. The van der Waals surface area contributed by atoms with E-state index in [0.29, 0.717) is 18.1 Å². The van der Waals surface area contributed by atoms with E-state index in [2.05, 4.69) is 27.1 Å². The lowest BCUT2D eigenvalue weighted by Crippen LogP contribution is -2.25. The zero-order valence-corrected chi connectivity index (χ0v) is 12.4. The number of thioether (sulfide) groups is 1. The largest absolute Gasteiger partial charge is 0.372 e. The number of nitrogens with zero attached hydrogens (tertiary/aromatic N) is 2. The van der Waals surface area contributed by atoms with Crippen molar-refractivity contribution < 1.29 is 4.79 Å². The molecule has 5 nitrogen and oxygen atoms in total. The van der Waals surface area contributed by atoms with Gasteiger partial charge >= 0.3 is 0 Å². The molecule has 1 aromatic heterocycles. The van der Waals surface area contributed by atoms with Crippen molar-refractivity contribution in [2.75, 3.05) is 30.9 Å². The van der Waals surface area contributed by atoms with E-state index in [1.807, 2.05) is 11.8 Å². The predicted octanol–water partition coefficient (Wildman–Crippen LogP) is 2.17. The summed E-state index contributed by atoms with van der Waals surface area (Å²) in [4.78, 5) is 11.7. The van der Waals surface area contributed by atoms with Crippen LogP contribution >= 0.6 is 11.8 Å². The normalized spacial score (nSPS) is 10.2. The van der Waals surface area contributed by atoms with Crippen molar-refractivity contribution in [2.24, 2.45) is 0 Å². The van der Waals surface area contributed by atoms with Gasteiger partial charge in [-0.3, -0.25) is 4.79 Å². The fourth-order valence-corrected chi connectivity index (χ4v) is 2.10. The summed E-state index contributed by atoms with van der Waals surface area (Å²) in [6.45, 7) is 0.702. The third kappa shape index (κ3) is 6.42. The maximum absolute atomic E-state index is 11.7. The molecule has 1 rings (SSSR count). The number of hydrogen-bond donors (Lipinski definition) is 2. The first-order chi connectivity index (χ1) is 9.27. The maximum atomic E-state index is 11.7. The summed E-state index contributed by atoms with van der Waals surface area (Å²) in [7, 11) is 1.76. The second kappa shape index (κ2) is 9.61. The molecule has 6 heteroatoms. The van der Waals surface area contributed by atoms with Crippen LogP contribution in [0.2, 0.25) is 0 Å². The maximum Gasteiger partial charge on any atom is 0.271 e. The Hall–Kier alpha value is -1.30. The van der Waals surface area contributed by atoms with Crippen LogP contribution in [0.3, 0.4) is 0 Å². The summed E-state index contributed by atoms with van der Waals surface area (Å²) in [6.07, 6.45) is 6.79. The average molecular weight is 282 g/mol. The smallest absolute Gasteiger partial charge is 0.271 e. The Labute approximate surface area is 119 Å². The number of aromatic nitrogens is 2. The second-order valence-electron chi connectivity index (χ2n) is 4.22. The van der Waals surface area contributed by atoms with Crippen LogP contribution < -0.4 is 10.6 Å². The number of carbonyl (C=O) groups excluding carboxylic acids is 1. The highest BCUT2D eigenvalue weighted by molar-refractivity contribution is 7.98. The molecule has 1 amide bonds. The first-order valence-corrected chi connectivity index (χ1v) is 7.96. The van der Waals surface area contributed by atoms with Crippen LogP contribution in [0.4, 0.5) is 5.82 Å². The highest BCUT2D eigenvalue weighted by Crippen LogP contribution is 2.04. The Morgan fingerprint density at radius 1 is 1.21 bits per heavy atom. The van der Waals surface area contributed by atoms with E-state index in [0.717, 1.165) is 12.8 Å². The quantitative estimate of drug-likeness (QED) is 0.680. The molecule has 0 aliphatic heterocycles. The molecule has 0 unspecified atom stereocenters. The number of hydrogen-bond acceptors (Lipinski definition) is 5. The van der Waals surface area contributed by atoms with Gasteiger partial charge in [0, 0.05) is 13.6 Å².